The van der Waals surface area contributed by atoms with Gasteiger partial charge in [0.25, 0.3) is 0 Å². The van der Waals surface area contributed by atoms with Crippen LogP contribution in [0.15, 0.2) is 24.3 Å². The summed E-state index contributed by atoms with van der Waals surface area (Å²) >= 11 is 6.12. The molecule has 0 amide bonds. The SMILES string of the molecule is O=S1(=O)CCc2nnc(N3CCN(Cc4c(F)cccc4Cl)CC3)cc2C1. The van der Waals surface area contributed by atoms with Crippen molar-refractivity contribution >= 4 is 27.3 Å². The van der Waals surface area contributed by atoms with E-state index in [-0.39, 0.29) is 17.3 Å². The number of anilines is 1. The second-order valence-corrected chi connectivity index (χ2v) is 9.57. The highest BCUT2D eigenvalue weighted by Crippen LogP contribution is 2.24. The third-order valence-electron chi connectivity index (χ3n) is 5.11. The number of aryl methyl sites for hydroxylation is 1. The first-order valence-electron chi connectivity index (χ1n) is 8.87. The Morgan fingerprint density at radius 2 is 1.93 bits per heavy atom. The van der Waals surface area contributed by atoms with Crippen LogP contribution in [-0.4, -0.2) is 55.4 Å². The van der Waals surface area contributed by atoms with Crippen molar-refractivity contribution in [3.05, 3.63) is 51.9 Å². The molecule has 9 heteroatoms. The molecule has 1 aromatic heterocycles. The van der Waals surface area contributed by atoms with Crippen molar-refractivity contribution in [2.45, 2.75) is 18.7 Å². The number of fused-ring (bicyclic) bond motifs is 1. The van der Waals surface area contributed by atoms with Crippen molar-refractivity contribution in [2.24, 2.45) is 0 Å². The van der Waals surface area contributed by atoms with Crippen LogP contribution in [-0.2, 0) is 28.6 Å². The van der Waals surface area contributed by atoms with Crippen LogP contribution >= 0.6 is 11.6 Å². The molecule has 1 fully saturated rings. The Kier molecular flexibility index (Phi) is 5.05. The smallest absolute Gasteiger partial charge is 0.154 e. The van der Waals surface area contributed by atoms with Crippen LogP contribution in [0, 0.1) is 5.82 Å². The molecule has 6 nitrogen and oxygen atoms in total. The number of benzene rings is 1. The van der Waals surface area contributed by atoms with Crippen LogP contribution in [0.5, 0.6) is 0 Å². The monoisotopic (exact) mass is 410 g/mol. The Balaban J connectivity index is 1.43. The second-order valence-electron chi connectivity index (χ2n) is 6.98. The lowest BCUT2D eigenvalue weighted by atomic mass is 10.1. The number of sulfone groups is 1. The third-order valence-corrected chi connectivity index (χ3v) is 7.04. The molecule has 2 aliphatic heterocycles. The van der Waals surface area contributed by atoms with Crippen LogP contribution in [0.4, 0.5) is 10.2 Å². The van der Waals surface area contributed by atoms with Gasteiger partial charge in [0.05, 0.1) is 17.2 Å². The number of piperazine rings is 1. The minimum absolute atomic E-state index is 0.0383. The largest absolute Gasteiger partial charge is 0.353 e. The van der Waals surface area contributed by atoms with Crippen molar-refractivity contribution in [2.75, 3.05) is 36.8 Å². The number of hydrogen-bond acceptors (Lipinski definition) is 6. The quantitative estimate of drug-likeness (QED) is 0.771. The standard InChI is InChI=1S/C18H20ClFN4O2S/c19-15-2-1-3-16(20)14(15)11-23-5-7-24(8-6-23)18-10-13-12-27(25,26)9-4-17(13)21-22-18/h1-3,10H,4-9,11-12H2. The minimum Gasteiger partial charge on any atom is -0.353 e. The van der Waals surface area contributed by atoms with E-state index < -0.39 is 9.84 Å². The van der Waals surface area contributed by atoms with E-state index in [2.05, 4.69) is 20.0 Å². The molecule has 0 aliphatic carbocycles. The normalized spacial score (nSPS) is 19.7. The molecule has 4 rings (SSSR count). The fourth-order valence-corrected chi connectivity index (χ4v) is 5.13. The Morgan fingerprint density at radius 1 is 1.15 bits per heavy atom. The molecule has 0 N–H and O–H groups in total. The van der Waals surface area contributed by atoms with E-state index in [0.717, 1.165) is 24.3 Å². The molecule has 1 aromatic carbocycles. The zero-order valence-electron chi connectivity index (χ0n) is 14.7. The third kappa shape index (κ3) is 4.07. The van der Waals surface area contributed by atoms with Gasteiger partial charge in [-0.3, -0.25) is 4.90 Å². The van der Waals surface area contributed by atoms with Gasteiger partial charge >= 0.3 is 0 Å². The van der Waals surface area contributed by atoms with Gasteiger partial charge in [-0.25, -0.2) is 12.8 Å². The minimum atomic E-state index is -3.04. The first kappa shape index (κ1) is 18.6. The van der Waals surface area contributed by atoms with Crippen LogP contribution < -0.4 is 4.90 Å². The van der Waals surface area contributed by atoms with Crippen molar-refractivity contribution in [3.8, 4) is 0 Å². The first-order chi connectivity index (χ1) is 12.9. The molecule has 2 aromatic rings. The number of halogens is 2. The molecule has 3 heterocycles. The summed E-state index contributed by atoms with van der Waals surface area (Å²) in [7, 11) is -3.04. The summed E-state index contributed by atoms with van der Waals surface area (Å²) in [6, 6.07) is 6.58. The molecule has 0 atom stereocenters. The van der Waals surface area contributed by atoms with Crippen LogP contribution in [0.3, 0.4) is 0 Å². The van der Waals surface area contributed by atoms with E-state index in [1.165, 1.54) is 6.07 Å². The Labute approximate surface area is 162 Å². The average Bonchev–Trinajstić information content (AvgIpc) is 2.64. The highest BCUT2D eigenvalue weighted by molar-refractivity contribution is 7.90. The fraction of sp³-hybridized carbons (Fsp3) is 0.444. The highest BCUT2D eigenvalue weighted by atomic mass is 35.5. The Bertz CT molecular complexity index is 942. The van der Waals surface area contributed by atoms with E-state index in [0.29, 0.717) is 42.5 Å². The van der Waals surface area contributed by atoms with Crippen molar-refractivity contribution in [1.82, 2.24) is 15.1 Å². The van der Waals surface area contributed by atoms with Gasteiger partial charge in [0.15, 0.2) is 15.7 Å². The molecule has 0 bridgehead atoms. The maximum absolute atomic E-state index is 14.0. The number of aromatic nitrogens is 2. The molecule has 1 saturated heterocycles. The van der Waals surface area contributed by atoms with E-state index in [1.807, 2.05) is 6.07 Å². The number of hydrogen-bond donors (Lipinski definition) is 0. The molecule has 2 aliphatic rings. The molecular formula is C18H20ClFN4O2S. The highest BCUT2D eigenvalue weighted by Gasteiger charge is 2.25. The second kappa shape index (κ2) is 7.33. The lowest BCUT2D eigenvalue weighted by Gasteiger charge is -2.35. The van der Waals surface area contributed by atoms with E-state index >= 15 is 0 Å². The summed E-state index contributed by atoms with van der Waals surface area (Å²) < 4.78 is 37.7. The molecule has 0 unspecified atom stereocenters. The first-order valence-corrected chi connectivity index (χ1v) is 11.1. The van der Waals surface area contributed by atoms with Crippen molar-refractivity contribution < 1.29 is 12.8 Å². The van der Waals surface area contributed by atoms with Gasteiger partial charge in [-0.05, 0) is 23.8 Å². The predicted molar refractivity (Wildman–Crippen MR) is 102 cm³/mol. The van der Waals surface area contributed by atoms with Gasteiger partial charge in [0.1, 0.15) is 5.82 Å². The topological polar surface area (TPSA) is 66.4 Å². The van der Waals surface area contributed by atoms with Gasteiger partial charge in [-0.1, -0.05) is 17.7 Å². The molecule has 0 spiro atoms. The maximum Gasteiger partial charge on any atom is 0.154 e. The fourth-order valence-electron chi connectivity index (χ4n) is 3.54. The lowest BCUT2D eigenvalue weighted by Crippen LogP contribution is -2.46. The Morgan fingerprint density at radius 3 is 2.67 bits per heavy atom. The van der Waals surface area contributed by atoms with Crippen molar-refractivity contribution in [1.29, 1.82) is 0 Å². The van der Waals surface area contributed by atoms with E-state index in [9.17, 15) is 12.8 Å². The summed E-state index contributed by atoms with van der Waals surface area (Å²) in [5, 5.41) is 8.96. The lowest BCUT2D eigenvalue weighted by molar-refractivity contribution is 0.246. The summed E-state index contributed by atoms with van der Waals surface area (Å²) in [6.07, 6.45) is 0.433. The average molecular weight is 411 g/mol. The maximum atomic E-state index is 14.0. The van der Waals surface area contributed by atoms with E-state index in [4.69, 9.17) is 11.6 Å². The summed E-state index contributed by atoms with van der Waals surface area (Å²) in [5.74, 6) is 0.600. The Hall–Kier alpha value is -1.77. The molecule has 0 saturated carbocycles. The molecule has 144 valence electrons. The zero-order chi connectivity index (χ0) is 19.0. The van der Waals surface area contributed by atoms with Gasteiger partial charge in [-0.15, -0.1) is 5.10 Å². The van der Waals surface area contributed by atoms with Crippen LogP contribution in [0.1, 0.15) is 16.8 Å². The van der Waals surface area contributed by atoms with Crippen LogP contribution in [0.2, 0.25) is 5.02 Å². The van der Waals surface area contributed by atoms with E-state index in [1.54, 1.807) is 12.1 Å². The molecule has 0 radical (unpaired) electrons. The van der Waals surface area contributed by atoms with Crippen LogP contribution in [0.25, 0.3) is 0 Å². The summed E-state index contributed by atoms with van der Waals surface area (Å²) in [4.78, 5) is 4.24. The number of nitrogens with zero attached hydrogens (tertiary/aromatic N) is 4. The number of rotatable bonds is 3. The summed E-state index contributed by atoms with van der Waals surface area (Å²) in [5.41, 5.74) is 2.06. The predicted octanol–water partition coefficient (Wildman–Crippen LogP) is 2.06. The summed E-state index contributed by atoms with van der Waals surface area (Å²) in [6.45, 7) is 3.37. The molecule has 27 heavy (non-hydrogen) atoms. The van der Waals surface area contributed by atoms with Gasteiger partial charge < -0.3 is 4.90 Å². The molecular weight excluding hydrogens is 391 g/mol. The zero-order valence-corrected chi connectivity index (χ0v) is 16.3. The van der Waals surface area contributed by atoms with Crippen molar-refractivity contribution in [3.63, 3.8) is 0 Å². The van der Waals surface area contributed by atoms with Gasteiger partial charge in [0, 0.05) is 49.7 Å². The van der Waals surface area contributed by atoms with Gasteiger partial charge in [-0.2, -0.15) is 5.10 Å². The van der Waals surface area contributed by atoms with Gasteiger partial charge in [0.2, 0.25) is 0 Å².